The van der Waals surface area contributed by atoms with E-state index >= 15 is 0 Å². The average molecular weight is 290 g/mol. The lowest BCUT2D eigenvalue weighted by Gasteiger charge is -2.20. The van der Waals surface area contributed by atoms with Gasteiger partial charge >= 0.3 is 0 Å². The van der Waals surface area contributed by atoms with Gasteiger partial charge in [0.1, 0.15) is 0 Å². The van der Waals surface area contributed by atoms with Crippen LogP contribution in [0.2, 0.25) is 0 Å². The van der Waals surface area contributed by atoms with Crippen LogP contribution in [-0.4, -0.2) is 36.3 Å². The monoisotopic (exact) mass is 290 g/mol. The van der Waals surface area contributed by atoms with Crippen LogP contribution >= 0.6 is 0 Å². The molecule has 0 spiro atoms. The summed E-state index contributed by atoms with van der Waals surface area (Å²) in [5.41, 5.74) is 2.17. The highest BCUT2D eigenvalue weighted by Crippen LogP contribution is 2.04. The van der Waals surface area contributed by atoms with Crippen molar-refractivity contribution in [3.8, 4) is 0 Å². The molecule has 0 aliphatic carbocycles. The van der Waals surface area contributed by atoms with E-state index in [0.717, 1.165) is 30.5 Å². The first-order valence-corrected chi connectivity index (χ1v) is 7.60. The van der Waals surface area contributed by atoms with Gasteiger partial charge in [-0.25, -0.2) is 0 Å². The molecule has 0 fully saturated rings. The molecule has 1 aromatic rings. The molecule has 0 aliphatic rings. The van der Waals surface area contributed by atoms with Crippen molar-refractivity contribution in [1.29, 1.82) is 0 Å². The van der Waals surface area contributed by atoms with Crippen LogP contribution in [0.15, 0.2) is 24.3 Å². The topological polar surface area (TPSA) is 49.4 Å². The second-order valence-corrected chi connectivity index (χ2v) is 5.38. The van der Waals surface area contributed by atoms with E-state index in [1.165, 1.54) is 0 Å². The maximum absolute atomic E-state index is 11.9. The van der Waals surface area contributed by atoms with Gasteiger partial charge in [-0.1, -0.05) is 43.2 Å². The second kappa shape index (κ2) is 9.16. The number of nitrogens with one attached hydrogen (secondary N) is 1. The van der Waals surface area contributed by atoms with Gasteiger partial charge in [-0.2, -0.15) is 0 Å². The van der Waals surface area contributed by atoms with Crippen LogP contribution in [0.4, 0.5) is 0 Å². The number of aryl methyl sites for hydroxylation is 1. The number of carbonyl (C=O) groups excluding carboxylic acids is 2. The molecule has 1 aromatic carbocycles. The molecule has 4 nitrogen and oxygen atoms in total. The molecule has 116 valence electrons. The summed E-state index contributed by atoms with van der Waals surface area (Å²) < 4.78 is 0. The molecular weight excluding hydrogens is 264 g/mol. The number of hydrogen-bond acceptors (Lipinski definition) is 2. The fourth-order valence-electron chi connectivity index (χ4n) is 2.18. The van der Waals surface area contributed by atoms with Crippen LogP contribution in [-0.2, 0) is 16.0 Å². The quantitative estimate of drug-likeness (QED) is 0.798. The summed E-state index contributed by atoms with van der Waals surface area (Å²) in [4.78, 5) is 25.1. The summed E-state index contributed by atoms with van der Waals surface area (Å²) in [7, 11) is 0. The SMILES string of the molecule is CCCCN(CCNC(=O)Cc1cccc(C)c1)C(C)=O. The van der Waals surface area contributed by atoms with Gasteiger partial charge in [-0.3, -0.25) is 9.59 Å². The highest BCUT2D eigenvalue weighted by molar-refractivity contribution is 5.78. The van der Waals surface area contributed by atoms with Gasteiger partial charge in [0.2, 0.25) is 11.8 Å². The Labute approximate surface area is 127 Å². The van der Waals surface area contributed by atoms with Crippen molar-refractivity contribution in [1.82, 2.24) is 10.2 Å². The molecule has 21 heavy (non-hydrogen) atoms. The highest BCUT2D eigenvalue weighted by atomic mass is 16.2. The van der Waals surface area contributed by atoms with Gasteiger partial charge in [0.05, 0.1) is 6.42 Å². The molecule has 0 radical (unpaired) electrons. The van der Waals surface area contributed by atoms with Crippen LogP contribution in [0.25, 0.3) is 0 Å². The Balaban J connectivity index is 2.33. The van der Waals surface area contributed by atoms with E-state index in [2.05, 4.69) is 12.2 Å². The van der Waals surface area contributed by atoms with E-state index in [1.54, 1.807) is 11.8 Å². The van der Waals surface area contributed by atoms with Crippen LogP contribution in [0, 0.1) is 6.92 Å². The summed E-state index contributed by atoms with van der Waals surface area (Å²) in [6.07, 6.45) is 2.44. The van der Waals surface area contributed by atoms with Crippen LogP contribution in [0.3, 0.4) is 0 Å². The second-order valence-electron chi connectivity index (χ2n) is 5.38. The van der Waals surface area contributed by atoms with Crippen molar-refractivity contribution in [2.24, 2.45) is 0 Å². The highest BCUT2D eigenvalue weighted by Gasteiger charge is 2.08. The summed E-state index contributed by atoms with van der Waals surface area (Å²) in [6.45, 7) is 7.54. The molecule has 4 heteroatoms. The van der Waals surface area contributed by atoms with E-state index in [9.17, 15) is 9.59 Å². The molecule has 0 bridgehead atoms. The molecule has 0 aliphatic heterocycles. The summed E-state index contributed by atoms with van der Waals surface area (Å²) in [5.74, 6) is 0.0657. The number of rotatable bonds is 8. The number of nitrogens with zero attached hydrogens (tertiary/aromatic N) is 1. The fraction of sp³-hybridized carbons (Fsp3) is 0.529. The maximum atomic E-state index is 11.9. The van der Waals surface area contributed by atoms with Gasteiger partial charge in [0.15, 0.2) is 0 Å². The number of carbonyl (C=O) groups is 2. The van der Waals surface area contributed by atoms with Gasteiger partial charge < -0.3 is 10.2 Å². The number of unbranched alkanes of at least 4 members (excludes halogenated alkanes) is 1. The lowest BCUT2D eigenvalue weighted by Crippen LogP contribution is -2.38. The minimum Gasteiger partial charge on any atom is -0.354 e. The molecule has 0 atom stereocenters. The third kappa shape index (κ3) is 6.93. The fourth-order valence-corrected chi connectivity index (χ4v) is 2.18. The third-order valence-corrected chi connectivity index (χ3v) is 3.38. The van der Waals surface area contributed by atoms with Crippen molar-refractivity contribution >= 4 is 11.8 Å². The van der Waals surface area contributed by atoms with E-state index in [-0.39, 0.29) is 11.8 Å². The Bertz CT molecular complexity index is 472. The Hall–Kier alpha value is -1.84. The number of amides is 2. The first-order valence-electron chi connectivity index (χ1n) is 7.60. The Morgan fingerprint density at radius 1 is 1.24 bits per heavy atom. The molecular formula is C17H26N2O2. The number of benzene rings is 1. The normalized spacial score (nSPS) is 10.2. The van der Waals surface area contributed by atoms with Crippen molar-refractivity contribution in [3.63, 3.8) is 0 Å². The van der Waals surface area contributed by atoms with Crippen LogP contribution < -0.4 is 5.32 Å². The van der Waals surface area contributed by atoms with E-state index < -0.39 is 0 Å². The summed E-state index contributed by atoms with van der Waals surface area (Å²) >= 11 is 0. The van der Waals surface area contributed by atoms with E-state index in [1.807, 2.05) is 31.2 Å². The van der Waals surface area contributed by atoms with Crippen molar-refractivity contribution in [2.45, 2.75) is 40.0 Å². The molecule has 1 N–H and O–H groups in total. The van der Waals surface area contributed by atoms with E-state index in [0.29, 0.717) is 19.5 Å². The molecule has 2 amide bonds. The molecule has 0 heterocycles. The summed E-state index contributed by atoms with van der Waals surface area (Å²) in [5, 5.41) is 2.88. The van der Waals surface area contributed by atoms with Gasteiger partial charge in [0, 0.05) is 26.6 Å². The Kier molecular flexibility index (Phi) is 7.51. The minimum atomic E-state index is -0.000376. The van der Waals surface area contributed by atoms with Gasteiger partial charge in [-0.15, -0.1) is 0 Å². The Morgan fingerprint density at radius 2 is 2.00 bits per heavy atom. The Morgan fingerprint density at radius 3 is 2.62 bits per heavy atom. The predicted molar refractivity (Wildman–Crippen MR) is 85.1 cm³/mol. The molecule has 0 aromatic heterocycles. The zero-order valence-electron chi connectivity index (χ0n) is 13.3. The maximum Gasteiger partial charge on any atom is 0.224 e. The standard InChI is InChI=1S/C17H26N2O2/c1-4-5-10-19(15(3)20)11-9-18-17(21)13-16-8-6-7-14(2)12-16/h6-8,12H,4-5,9-11,13H2,1-3H3,(H,18,21). The van der Waals surface area contributed by atoms with Crippen LogP contribution in [0.5, 0.6) is 0 Å². The molecule has 0 saturated heterocycles. The van der Waals surface area contributed by atoms with Gasteiger partial charge in [0.25, 0.3) is 0 Å². The lowest BCUT2D eigenvalue weighted by molar-refractivity contribution is -0.129. The van der Waals surface area contributed by atoms with Gasteiger partial charge in [-0.05, 0) is 18.9 Å². The smallest absolute Gasteiger partial charge is 0.224 e. The average Bonchev–Trinajstić information content (AvgIpc) is 2.42. The molecule has 1 rings (SSSR count). The number of hydrogen-bond donors (Lipinski definition) is 1. The van der Waals surface area contributed by atoms with E-state index in [4.69, 9.17) is 0 Å². The summed E-state index contributed by atoms with van der Waals surface area (Å²) in [6, 6.07) is 7.94. The third-order valence-electron chi connectivity index (χ3n) is 3.38. The minimum absolute atomic E-state index is 0.000376. The lowest BCUT2D eigenvalue weighted by atomic mass is 10.1. The largest absolute Gasteiger partial charge is 0.354 e. The molecule has 0 saturated carbocycles. The molecule has 0 unspecified atom stereocenters. The predicted octanol–water partition coefficient (Wildman–Crippen LogP) is 2.30. The zero-order valence-corrected chi connectivity index (χ0v) is 13.3. The van der Waals surface area contributed by atoms with Crippen molar-refractivity contribution in [2.75, 3.05) is 19.6 Å². The van der Waals surface area contributed by atoms with Crippen molar-refractivity contribution < 1.29 is 9.59 Å². The zero-order chi connectivity index (χ0) is 15.7. The van der Waals surface area contributed by atoms with Crippen LogP contribution in [0.1, 0.15) is 37.8 Å². The first kappa shape index (κ1) is 17.2. The first-order chi connectivity index (χ1) is 10.0. The van der Waals surface area contributed by atoms with Crippen molar-refractivity contribution in [3.05, 3.63) is 35.4 Å².